The highest BCUT2D eigenvalue weighted by atomic mass is 16.1. The highest BCUT2D eigenvalue weighted by molar-refractivity contribution is 5.97. The van der Waals surface area contributed by atoms with E-state index in [-0.39, 0.29) is 11.9 Å². The number of amides is 1. The topological polar surface area (TPSA) is 59.3 Å². The number of rotatable bonds is 4. The quantitative estimate of drug-likeness (QED) is 0.745. The second-order valence-corrected chi connectivity index (χ2v) is 7.42. The maximum atomic E-state index is 12.7. The number of likely N-dealkylation sites (tertiary alicyclic amines) is 1. The Kier molecular flexibility index (Phi) is 4.86. The first-order valence-corrected chi connectivity index (χ1v) is 9.52. The Hall–Kier alpha value is -2.79. The summed E-state index contributed by atoms with van der Waals surface area (Å²) in [6, 6.07) is 16.3. The van der Waals surface area contributed by atoms with E-state index in [0.717, 1.165) is 48.5 Å². The number of carbonyl (C=O) groups is 1. The molecule has 5 nitrogen and oxygen atoms in total. The second kappa shape index (κ2) is 7.45. The average Bonchev–Trinajstić information content (AvgIpc) is 3.10. The van der Waals surface area contributed by atoms with Crippen molar-refractivity contribution in [3.63, 3.8) is 0 Å². The number of quaternary nitrogens is 1. The Morgan fingerprint density at radius 3 is 2.59 bits per heavy atom. The molecule has 1 fully saturated rings. The molecule has 1 aromatic heterocycles. The van der Waals surface area contributed by atoms with Crippen LogP contribution in [0.4, 0.5) is 0 Å². The molecular weight excluding hydrogens is 336 g/mol. The van der Waals surface area contributed by atoms with Crippen LogP contribution in [0.5, 0.6) is 0 Å². The van der Waals surface area contributed by atoms with Gasteiger partial charge >= 0.3 is 0 Å². The summed E-state index contributed by atoms with van der Waals surface area (Å²) in [5, 5.41) is 3.19. The molecule has 0 aliphatic carbocycles. The van der Waals surface area contributed by atoms with Gasteiger partial charge in [0.05, 0.1) is 41.6 Å². The molecule has 0 spiro atoms. The lowest BCUT2D eigenvalue weighted by molar-refractivity contribution is -0.901. The fourth-order valence-electron chi connectivity index (χ4n) is 3.74. The molecule has 2 aromatic carbocycles. The molecule has 1 amide bonds. The van der Waals surface area contributed by atoms with Crippen molar-refractivity contribution in [2.45, 2.75) is 32.9 Å². The molecule has 0 radical (unpaired) electrons. The van der Waals surface area contributed by atoms with E-state index in [1.165, 1.54) is 10.5 Å². The Morgan fingerprint density at radius 1 is 1.07 bits per heavy atom. The first-order chi connectivity index (χ1) is 13.1. The molecule has 1 unspecified atom stereocenters. The fraction of sp³-hybridized carbons (Fsp3) is 0.318. The standard InChI is InChI=1S/C22H24N4O/c1-15-16(2)24-21-12-18(8-9-20(21)23-15)22(27)25-19-10-11-26(14-19)13-17-6-4-3-5-7-17/h3-9,12,19H,10-11,13-14H2,1-2H3,(H,25,27)/p+1/t19-/m1/s1. The number of aryl methyl sites for hydroxylation is 2. The third-order valence-electron chi connectivity index (χ3n) is 5.35. The van der Waals surface area contributed by atoms with Crippen LogP contribution in [0.25, 0.3) is 11.0 Å². The maximum absolute atomic E-state index is 12.7. The van der Waals surface area contributed by atoms with E-state index in [9.17, 15) is 4.79 Å². The van der Waals surface area contributed by atoms with Gasteiger partial charge in [0.1, 0.15) is 6.54 Å². The minimum atomic E-state index is -0.0251. The molecule has 1 saturated heterocycles. The van der Waals surface area contributed by atoms with Crippen LogP contribution in [0.3, 0.4) is 0 Å². The average molecular weight is 361 g/mol. The molecule has 27 heavy (non-hydrogen) atoms. The van der Waals surface area contributed by atoms with Gasteiger partial charge in [0, 0.05) is 17.5 Å². The zero-order valence-corrected chi connectivity index (χ0v) is 15.8. The summed E-state index contributed by atoms with van der Waals surface area (Å²) in [4.78, 5) is 23.3. The molecule has 2 atom stereocenters. The third kappa shape index (κ3) is 3.98. The van der Waals surface area contributed by atoms with Gasteiger partial charge in [-0.1, -0.05) is 30.3 Å². The van der Waals surface area contributed by atoms with Crippen molar-refractivity contribution in [1.82, 2.24) is 15.3 Å². The molecule has 3 aromatic rings. The van der Waals surface area contributed by atoms with Crippen molar-refractivity contribution in [1.29, 1.82) is 0 Å². The number of nitrogens with zero attached hydrogens (tertiary/aromatic N) is 2. The molecule has 2 heterocycles. The Balaban J connectivity index is 1.40. The van der Waals surface area contributed by atoms with Crippen LogP contribution in [0.1, 0.15) is 33.7 Å². The van der Waals surface area contributed by atoms with Crippen molar-refractivity contribution in [3.8, 4) is 0 Å². The summed E-state index contributed by atoms with van der Waals surface area (Å²) in [5.74, 6) is -0.0251. The number of hydrogen-bond acceptors (Lipinski definition) is 3. The van der Waals surface area contributed by atoms with E-state index in [1.54, 1.807) is 0 Å². The highest BCUT2D eigenvalue weighted by Crippen LogP contribution is 2.15. The number of benzene rings is 2. The van der Waals surface area contributed by atoms with Gasteiger partial charge in [-0.15, -0.1) is 0 Å². The van der Waals surface area contributed by atoms with Gasteiger partial charge in [-0.25, -0.2) is 9.97 Å². The first kappa shape index (κ1) is 17.6. The molecule has 0 bridgehead atoms. The van der Waals surface area contributed by atoms with Crippen molar-refractivity contribution in [2.75, 3.05) is 13.1 Å². The van der Waals surface area contributed by atoms with Crippen molar-refractivity contribution >= 4 is 16.9 Å². The first-order valence-electron chi connectivity index (χ1n) is 9.52. The lowest BCUT2D eigenvalue weighted by Gasteiger charge is -2.14. The van der Waals surface area contributed by atoms with E-state index in [4.69, 9.17) is 0 Å². The summed E-state index contributed by atoms with van der Waals surface area (Å²) >= 11 is 0. The molecule has 138 valence electrons. The summed E-state index contributed by atoms with van der Waals surface area (Å²) in [6.45, 7) is 6.95. The largest absolute Gasteiger partial charge is 0.343 e. The van der Waals surface area contributed by atoms with Gasteiger partial charge in [-0.05, 0) is 32.0 Å². The van der Waals surface area contributed by atoms with Gasteiger partial charge < -0.3 is 10.2 Å². The van der Waals surface area contributed by atoms with E-state index in [1.807, 2.05) is 38.1 Å². The van der Waals surface area contributed by atoms with Crippen LogP contribution >= 0.6 is 0 Å². The minimum absolute atomic E-state index is 0.0251. The molecule has 4 rings (SSSR count). The summed E-state index contributed by atoms with van der Waals surface area (Å²) in [5.41, 5.74) is 5.42. The van der Waals surface area contributed by atoms with Gasteiger partial charge in [0.2, 0.25) is 0 Å². The highest BCUT2D eigenvalue weighted by Gasteiger charge is 2.27. The predicted octanol–water partition coefficient (Wildman–Crippen LogP) is 1.83. The summed E-state index contributed by atoms with van der Waals surface area (Å²) < 4.78 is 0. The monoisotopic (exact) mass is 361 g/mol. The maximum Gasteiger partial charge on any atom is 0.251 e. The van der Waals surface area contributed by atoms with Crippen molar-refractivity contribution in [3.05, 3.63) is 71.0 Å². The zero-order chi connectivity index (χ0) is 18.8. The van der Waals surface area contributed by atoms with Crippen LogP contribution < -0.4 is 10.2 Å². The number of aromatic nitrogens is 2. The Morgan fingerprint density at radius 2 is 1.81 bits per heavy atom. The number of hydrogen-bond donors (Lipinski definition) is 2. The molecule has 1 aliphatic heterocycles. The minimum Gasteiger partial charge on any atom is -0.343 e. The Bertz CT molecular complexity index is 971. The SMILES string of the molecule is Cc1nc2ccc(C(=O)N[C@@H]3CC[NH+](Cc4ccccc4)C3)cc2nc1C. The van der Waals surface area contributed by atoms with E-state index >= 15 is 0 Å². The second-order valence-electron chi connectivity index (χ2n) is 7.42. The van der Waals surface area contributed by atoms with Crippen LogP contribution in [-0.4, -0.2) is 35.0 Å². The van der Waals surface area contributed by atoms with Crippen molar-refractivity contribution in [2.24, 2.45) is 0 Å². The number of nitrogens with one attached hydrogen (secondary N) is 2. The van der Waals surface area contributed by atoms with Gasteiger partial charge in [0.25, 0.3) is 5.91 Å². The molecule has 1 aliphatic rings. The van der Waals surface area contributed by atoms with Gasteiger partial charge in [0.15, 0.2) is 0 Å². The third-order valence-corrected chi connectivity index (χ3v) is 5.35. The van der Waals surface area contributed by atoms with E-state index in [0.29, 0.717) is 5.56 Å². The van der Waals surface area contributed by atoms with Crippen LogP contribution in [-0.2, 0) is 6.54 Å². The molecule has 5 heteroatoms. The predicted molar refractivity (Wildman–Crippen MR) is 106 cm³/mol. The number of fused-ring (bicyclic) bond motifs is 1. The molecule has 0 saturated carbocycles. The molecular formula is C22H25N4O+. The van der Waals surface area contributed by atoms with Gasteiger partial charge in [-0.3, -0.25) is 4.79 Å². The molecule has 2 N–H and O–H groups in total. The van der Waals surface area contributed by atoms with Gasteiger partial charge in [-0.2, -0.15) is 0 Å². The van der Waals surface area contributed by atoms with E-state index in [2.05, 4.69) is 39.6 Å². The van der Waals surface area contributed by atoms with Crippen LogP contribution in [0, 0.1) is 13.8 Å². The fourth-order valence-corrected chi connectivity index (χ4v) is 3.74. The summed E-state index contributed by atoms with van der Waals surface area (Å²) in [7, 11) is 0. The van der Waals surface area contributed by atoms with E-state index < -0.39 is 0 Å². The smallest absolute Gasteiger partial charge is 0.251 e. The normalized spacial score (nSPS) is 19.3. The van der Waals surface area contributed by atoms with Crippen LogP contribution in [0.15, 0.2) is 48.5 Å². The van der Waals surface area contributed by atoms with Crippen LogP contribution in [0.2, 0.25) is 0 Å². The number of carbonyl (C=O) groups excluding carboxylic acids is 1. The Labute approximate surface area is 159 Å². The lowest BCUT2D eigenvalue weighted by Crippen LogP contribution is -3.09. The van der Waals surface area contributed by atoms with Crippen molar-refractivity contribution < 1.29 is 9.69 Å². The zero-order valence-electron chi connectivity index (χ0n) is 15.8. The lowest BCUT2D eigenvalue weighted by atomic mass is 10.1. The summed E-state index contributed by atoms with van der Waals surface area (Å²) in [6.07, 6.45) is 1.01.